The van der Waals surface area contributed by atoms with E-state index < -0.39 is 5.60 Å². The van der Waals surface area contributed by atoms with Crippen LogP contribution in [0, 0.1) is 11.3 Å². The number of hydrogen-bond acceptors (Lipinski definition) is 3. The van der Waals surface area contributed by atoms with Crippen LogP contribution in [0.2, 0.25) is 0 Å². The molecule has 84 valence electrons. The average molecular weight is 209 g/mol. The second kappa shape index (κ2) is 3.30. The molecule has 4 heteroatoms. The summed E-state index contributed by atoms with van der Waals surface area (Å²) in [5, 5.41) is 14.8. The summed E-state index contributed by atoms with van der Waals surface area (Å²) in [5.41, 5.74) is -0.709. The average Bonchev–Trinajstić information content (AvgIpc) is 2.71. The van der Waals surface area contributed by atoms with Crippen molar-refractivity contribution in [1.29, 1.82) is 0 Å². The lowest BCUT2D eigenvalue weighted by atomic mass is 9.74. The zero-order valence-corrected chi connectivity index (χ0v) is 9.64. The molecule has 1 saturated carbocycles. The van der Waals surface area contributed by atoms with Crippen LogP contribution in [-0.2, 0) is 6.54 Å². The van der Waals surface area contributed by atoms with E-state index in [4.69, 9.17) is 0 Å². The van der Waals surface area contributed by atoms with Gasteiger partial charge in [-0.2, -0.15) is 5.10 Å². The predicted octanol–water partition coefficient (Wildman–Crippen LogP) is 1.47. The van der Waals surface area contributed by atoms with Gasteiger partial charge in [0, 0.05) is 0 Å². The van der Waals surface area contributed by atoms with Gasteiger partial charge in [-0.3, -0.25) is 4.68 Å². The van der Waals surface area contributed by atoms with E-state index in [1.54, 1.807) is 11.0 Å². The maximum Gasteiger partial charge on any atom is 0.137 e. The van der Waals surface area contributed by atoms with Gasteiger partial charge < -0.3 is 5.11 Å². The lowest BCUT2D eigenvalue weighted by Gasteiger charge is -2.39. The summed E-state index contributed by atoms with van der Waals surface area (Å²) >= 11 is 0. The van der Waals surface area contributed by atoms with E-state index in [-0.39, 0.29) is 5.41 Å². The van der Waals surface area contributed by atoms with Crippen molar-refractivity contribution in [3.05, 3.63) is 12.7 Å². The summed E-state index contributed by atoms with van der Waals surface area (Å²) in [5.74, 6) is 0.316. The molecule has 1 N–H and O–H groups in total. The molecule has 1 aliphatic carbocycles. The Morgan fingerprint density at radius 2 is 2.27 bits per heavy atom. The van der Waals surface area contributed by atoms with Gasteiger partial charge in [0.15, 0.2) is 0 Å². The SMILES string of the molecule is CC1CCC(C)(C)C1(O)Cn1cncn1. The molecule has 0 aliphatic heterocycles. The summed E-state index contributed by atoms with van der Waals surface area (Å²) in [6.07, 6.45) is 5.33. The number of nitrogens with zero attached hydrogens (tertiary/aromatic N) is 3. The van der Waals surface area contributed by atoms with E-state index in [1.165, 1.54) is 6.33 Å². The van der Waals surface area contributed by atoms with Gasteiger partial charge in [0.05, 0.1) is 12.1 Å². The van der Waals surface area contributed by atoms with E-state index in [0.717, 1.165) is 12.8 Å². The van der Waals surface area contributed by atoms with Crippen molar-refractivity contribution >= 4 is 0 Å². The Labute approximate surface area is 90.3 Å². The molecule has 0 saturated heterocycles. The van der Waals surface area contributed by atoms with E-state index >= 15 is 0 Å². The Bertz CT molecular complexity index is 334. The Kier molecular flexibility index (Phi) is 2.34. The zero-order valence-electron chi connectivity index (χ0n) is 9.64. The highest BCUT2D eigenvalue weighted by Crippen LogP contribution is 2.50. The molecule has 1 aliphatic rings. The summed E-state index contributed by atoms with van der Waals surface area (Å²) in [6, 6.07) is 0. The molecule has 0 spiro atoms. The van der Waals surface area contributed by atoms with Gasteiger partial charge in [0.2, 0.25) is 0 Å². The molecule has 15 heavy (non-hydrogen) atoms. The maximum absolute atomic E-state index is 10.8. The first kappa shape index (κ1) is 10.6. The number of rotatable bonds is 2. The zero-order chi connectivity index (χ0) is 11.1. The molecule has 0 bridgehead atoms. The Hall–Kier alpha value is -0.900. The molecular weight excluding hydrogens is 190 g/mol. The van der Waals surface area contributed by atoms with Crippen molar-refractivity contribution in [3.63, 3.8) is 0 Å². The van der Waals surface area contributed by atoms with Crippen molar-refractivity contribution in [2.24, 2.45) is 11.3 Å². The summed E-state index contributed by atoms with van der Waals surface area (Å²) in [4.78, 5) is 3.91. The first-order valence-electron chi connectivity index (χ1n) is 5.50. The molecule has 0 radical (unpaired) electrons. The second-order valence-corrected chi connectivity index (χ2v) is 5.34. The fourth-order valence-corrected chi connectivity index (χ4v) is 2.63. The highest BCUT2D eigenvalue weighted by Gasteiger charge is 2.52. The molecule has 2 rings (SSSR count). The summed E-state index contributed by atoms with van der Waals surface area (Å²) in [6.45, 7) is 6.92. The van der Waals surface area contributed by atoms with Crippen LogP contribution in [-0.4, -0.2) is 25.5 Å². The minimum atomic E-state index is -0.666. The molecule has 0 amide bonds. The lowest BCUT2D eigenvalue weighted by Crippen LogP contribution is -2.48. The van der Waals surface area contributed by atoms with Gasteiger partial charge in [-0.05, 0) is 24.2 Å². The molecule has 1 heterocycles. The van der Waals surface area contributed by atoms with E-state index in [9.17, 15) is 5.11 Å². The molecule has 0 aromatic carbocycles. The van der Waals surface area contributed by atoms with Gasteiger partial charge in [-0.25, -0.2) is 4.98 Å². The standard InChI is InChI=1S/C11H19N3O/c1-9-4-5-10(2,3)11(9,15)6-14-8-12-7-13-14/h7-9,15H,4-6H2,1-3H3. The highest BCUT2D eigenvalue weighted by molar-refractivity contribution is 5.02. The van der Waals surface area contributed by atoms with Gasteiger partial charge >= 0.3 is 0 Å². The number of aliphatic hydroxyl groups is 1. The Morgan fingerprint density at radius 3 is 2.73 bits per heavy atom. The summed E-state index contributed by atoms with van der Waals surface area (Å²) in [7, 11) is 0. The molecular formula is C11H19N3O. The Morgan fingerprint density at radius 1 is 1.53 bits per heavy atom. The second-order valence-electron chi connectivity index (χ2n) is 5.34. The normalized spacial score (nSPS) is 34.5. The van der Waals surface area contributed by atoms with Crippen molar-refractivity contribution in [3.8, 4) is 0 Å². The fraction of sp³-hybridized carbons (Fsp3) is 0.818. The minimum absolute atomic E-state index is 0.0433. The van der Waals surface area contributed by atoms with Crippen molar-refractivity contribution < 1.29 is 5.11 Å². The third kappa shape index (κ3) is 1.57. The van der Waals surface area contributed by atoms with Crippen molar-refractivity contribution in [2.45, 2.75) is 45.8 Å². The van der Waals surface area contributed by atoms with Crippen LogP contribution >= 0.6 is 0 Å². The first-order chi connectivity index (χ1) is 6.96. The third-order valence-electron chi connectivity index (χ3n) is 4.06. The van der Waals surface area contributed by atoms with Crippen LogP contribution in [0.5, 0.6) is 0 Å². The van der Waals surface area contributed by atoms with Crippen molar-refractivity contribution in [2.75, 3.05) is 0 Å². The van der Waals surface area contributed by atoms with Gasteiger partial charge in [-0.1, -0.05) is 20.8 Å². The number of aromatic nitrogens is 3. The van der Waals surface area contributed by atoms with Crippen LogP contribution in [0.25, 0.3) is 0 Å². The molecule has 1 aromatic rings. The minimum Gasteiger partial charge on any atom is -0.387 e. The smallest absolute Gasteiger partial charge is 0.137 e. The molecule has 1 fully saturated rings. The molecule has 4 nitrogen and oxygen atoms in total. The van der Waals surface area contributed by atoms with Gasteiger partial charge in [-0.15, -0.1) is 0 Å². The van der Waals surface area contributed by atoms with Crippen molar-refractivity contribution in [1.82, 2.24) is 14.8 Å². The van der Waals surface area contributed by atoms with Gasteiger partial charge in [0.1, 0.15) is 12.7 Å². The van der Waals surface area contributed by atoms with Gasteiger partial charge in [0.25, 0.3) is 0 Å². The van der Waals surface area contributed by atoms with E-state index in [0.29, 0.717) is 12.5 Å². The van der Waals surface area contributed by atoms with Crippen LogP contribution < -0.4 is 0 Å². The molecule has 2 unspecified atom stereocenters. The quantitative estimate of drug-likeness (QED) is 0.802. The predicted molar refractivity (Wildman–Crippen MR) is 57.2 cm³/mol. The van der Waals surface area contributed by atoms with Crippen LogP contribution in [0.4, 0.5) is 0 Å². The number of hydrogen-bond donors (Lipinski definition) is 1. The van der Waals surface area contributed by atoms with Crippen LogP contribution in [0.1, 0.15) is 33.6 Å². The highest BCUT2D eigenvalue weighted by atomic mass is 16.3. The van der Waals surface area contributed by atoms with E-state index in [1.807, 2.05) is 0 Å². The van der Waals surface area contributed by atoms with E-state index in [2.05, 4.69) is 30.9 Å². The largest absolute Gasteiger partial charge is 0.387 e. The molecule has 1 aromatic heterocycles. The lowest BCUT2D eigenvalue weighted by molar-refractivity contribution is -0.0863. The first-order valence-corrected chi connectivity index (χ1v) is 5.50. The van der Waals surface area contributed by atoms with Crippen LogP contribution in [0.3, 0.4) is 0 Å². The Balaban J connectivity index is 2.24. The molecule has 2 atom stereocenters. The fourth-order valence-electron chi connectivity index (χ4n) is 2.63. The maximum atomic E-state index is 10.8. The van der Waals surface area contributed by atoms with Crippen LogP contribution in [0.15, 0.2) is 12.7 Å². The summed E-state index contributed by atoms with van der Waals surface area (Å²) < 4.78 is 1.73. The third-order valence-corrected chi connectivity index (χ3v) is 4.06. The monoisotopic (exact) mass is 209 g/mol. The topological polar surface area (TPSA) is 50.9 Å².